The Morgan fingerprint density at radius 3 is 2.19 bits per heavy atom. The van der Waals surface area contributed by atoms with Gasteiger partial charge in [-0.25, -0.2) is 9.97 Å². The second-order valence-electron chi connectivity index (χ2n) is 9.19. The molecule has 0 fully saturated rings. The van der Waals surface area contributed by atoms with Crippen LogP contribution in [0.15, 0.2) is 79.1 Å². The highest BCUT2D eigenvalue weighted by molar-refractivity contribution is 7.25. The monoisotopic (exact) mass is 418 g/mol. The molecule has 0 spiro atoms. The van der Waals surface area contributed by atoms with Crippen LogP contribution in [0.5, 0.6) is 0 Å². The smallest absolute Gasteiger partial charge is 0.128 e. The number of aromatic nitrogens is 2. The lowest BCUT2D eigenvalue weighted by molar-refractivity contribution is 0.596. The predicted octanol–water partition coefficient (Wildman–Crippen LogP) is 8.12. The molecule has 0 saturated heterocycles. The average molecular weight is 419 g/mol. The molecule has 150 valence electrons. The Bertz CT molecular complexity index is 1620. The largest absolute Gasteiger partial charge is 0.236 e. The highest BCUT2D eigenvalue weighted by Gasteiger charge is 2.20. The molecular weight excluding hydrogens is 396 g/mol. The number of hydrogen-bond acceptors (Lipinski definition) is 3. The Balaban J connectivity index is 1.72. The lowest BCUT2D eigenvalue weighted by atomic mass is 9.82. The predicted molar refractivity (Wildman–Crippen MR) is 134 cm³/mol. The number of nitrogens with zero attached hydrogens (tertiary/aromatic N) is 2. The van der Waals surface area contributed by atoms with Gasteiger partial charge in [0.1, 0.15) is 11.2 Å². The molecule has 0 atom stereocenters. The highest BCUT2D eigenvalue weighted by Crippen LogP contribution is 2.41. The first kappa shape index (κ1) is 18.5. The third-order valence-corrected chi connectivity index (χ3v) is 7.14. The van der Waals surface area contributed by atoms with Gasteiger partial charge in [0.05, 0.1) is 5.69 Å². The Labute approximate surface area is 185 Å². The number of thiophene rings is 1. The first-order valence-corrected chi connectivity index (χ1v) is 11.4. The summed E-state index contributed by atoms with van der Waals surface area (Å²) in [6.07, 6.45) is 1.71. The molecule has 31 heavy (non-hydrogen) atoms. The summed E-state index contributed by atoms with van der Waals surface area (Å²) in [5, 5.41) is 7.46. The summed E-state index contributed by atoms with van der Waals surface area (Å²) in [5.41, 5.74) is 3.55. The molecule has 0 aliphatic carbocycles. The van der Waals surface area contributed by atoms with Gasteiger partial charge in [0.2, 0.25) is 0 Å². The van der Waals surface area contributed by atoms with E-state index in [-0.39, 0.29) is 5.41 Å². The molecule has 0 radical (unpaired) electrons. The fourth-order valence-electron chi connectivity index (χ4n) is 4.58. The van der Waals surface area contributed by atoms with Gasteiger partial charge in [-0.15, -0.1) is 11.3 Å². The Hall–Kier alpha value is -3.30. The molecule has 0 unspecified atom stereocenters. The van der Waals surface area contributed by atoms with Gasteiger partial charge >= 0.3 is 0 Å². The van der Waals surface area contributed by atoms with Crippen LogP contribution >= 0.6 is 11.3 Å². The Morgan fingerprint density at radius 1 is 0.710 bits per heavy atom. The lowest BCUT2D eigenvalue weighted by Crippen LogP contribution is -2.12. The molecule has 2 nitrogen and oxygen atoms in total. The van der Waals surface area contributed by atoms with Crippen LogP contribution in [-0.4, -0.2) is 9.97 Å². The molecule has 0 aliphatic heterocycles. The van der Waals surface area contributed by atoms with E-state index in [1.54, 1.807) is 17.7 Å². The summed E-state index contributed by atoms with van der Waals surface area (Å²) >= 11 is 1.75. The van der Waals surface area contributed by atoms with Crippen LogP contribution in [0.25, 0.3) is 53.1 Å². The molecule has 0 bridgehead atoms. The summed E-state index contributed by atoms with van der Waals surface area (Å²) in [4.78, 5) is 10.5. The van der Waals surface area contributed by atoms with Crippen LogP contribution in [0.3, 0.4) is 0 Å². The van der Waals surface area contributed by atoms with Crippen molar-refractivity contribution in [3.63, 3.8) is 0 Å². The molecule has 0 N–H and O–H groups in total. The SMILES string of the molecule is CC(C)(C)c1cc(-c2ncnc3sc4cc5ccccc5cc4c23)cc2ccccc12. The third-order valence-electron chi connectivity index (χ3n) is 6.08. The van der Waals surface area contributed by atoms with E-state index >= 15 is 0 Å². The molecule has 3 heteroatoms. The molecule has 2 aromatic heterocycles. The molecule has 6 rings (SSSR count). The van der Waals surface area contributed by atoms with Gasteiger partial charge in [-0.05, 0) is 56.8 Å². The van der Waals surface area contributed by atoms with E-state index in [9.17, 15) is 0 Å². The zero-order chi connectivity index (χ0) is 21.2. The lowest BCUT2D eigenvalue weighted by Gasteiger charge is -2.22. The van der Waals surface area contributed by atoms with E-state index in [0.717, 1.165) is 21.5 Å². The van der Waals surface area contributed by atoms with Gasteiger partial charge in [-0.1, -0.05) is 69.3 Å². The van der Waals surface area contributed by atoms with Gasteiger partial charge < -0.3 is 0 Å². The molecule has 0 saturated carbocycles. The van der Waals surface area contributed by atoms with Crippen LogP contribution < -0.4 is 0 Å². The number of hydrogen-bond donors (Lipinski definition) is 0. The quantitative estimate of drug-likeness (QED) is 0.269. The Morgan fingerprint density at radius 2 is 1.42 bits per heavy atom. The maximum absolute atomic E-state index is 4.81. The van der Waals surface area contributed by atoms with Crippen molar-refractivity contribution in [3.8, 4) is 11.3 Å². The minimum atomic E-state index is 0.0364. The first-order chi connectivity index (χ1) is 15.0. The van der Waals surface area contributed by atoms with Crippen LogP contribution in [0.2, 0.25) is 0 Å². The number of fused-ring (bicyclic) bond motifs is 5. The van der Waals surface area contributed by atoms with Crippen LogP contribution in [0, 0.1) is 0 Å². The summed E-state index contributed by atoms with van der Waals surface area (Å²) in [7, 11) is 0. The Kier molecular flexibility index (Phi) is 3.93. The van der Waals surface area contributed by atoms with Gasteiger partial charge in [-0.3, -0.25) is 0 Å². The van der Waals surface area contributed by atoms with Crippen LogP contribution in [-0.2, 0) is 5.41 Å². The van der Waals surface area contributed by atoms with Crippen molar-refractivity contribution in [1.82, 2.24) is 9.97 Å². The normalized spacial score (nSPS) is 12.4. The van der Waals surface area contributed by atoms with Crippen molar-refractivity contribution in [2.75, 3.05) is 0 Å². The van der Waals surface area contributed by atoms with E-state index in [1.165, 1.54) is 37.2 Å². The third kappa shape index (κ3) is 2.92. The molecular formula is C28H22N2S. The second kappa shape index (κ2) is 6.60. The maximum atomic E-state index is 4.81. The van der Waals surface area contributed by atoms with Crippen molar-refractivity contribution < 1.29 is 0 Å². The fourth-order valence-corrected chi connectivity index (χ4v) is 5.65. The van der Waals surface area contributed by atoms with Gasteiger partial charge in [0.25, 0.3) is 0 Å². The number of benzene rings is 4. The van der Waals surface area contributed by atoms with Crippen molar-refractivity contribution in [2.45, 2.75) is 26.2 Å². The van der Waals surface area contributed by atoms with E-state index in [1.807, 2.05) is 0 Å². The second-order valence-corrected chi connectivity index (χ2v) is 10.2. The van der Waals surface area contributed by atoms with Gasteiger partial charge in [-0.2, -0.15) is 0 Å². The fraction of sp³-hybridized carbons (Fsp3) is 0.143. The highest BCUT2D eigenvalue weighted by atomic mass is 32.1. The molecule has 2 heterocycles. The summed E-state index contributed by atoms with van der Waals surface area (Å²) in [6, 6.07) is 26.4. The van der Waals surface area contributed by atoms with E-state index in [4.69, 9.17) is 4.98 Å². The zero-order valence-corrected chi connectivity index (χ0v) is 18.6. The minimum Gasteiger partial charge on any atom is -0.236 e. The maximum Gasteiger partial charge on any atom is 0.128 e. The first-order valence-electron chi connectivity index (χ1n) is 10.6. The van der Waals surface area contributed by atoms with Crippen LogP contribution in [0.4, 0.5) is 0 Å². The standard InChI is InChI=1S/C28H22N2S/c1-28(2,3)23-14-20(12-19-10-6-7-11-21(19)23)26-25-22-13-17-8-4-5-9-18(17)15-24(22)31-27(25)30-16-29-26/h4-16H,1-3H3. The van der Waals surface area contributed by atoms with E-state index in [0.29, 0.717) is 0 Å². The number of rotatable bonds is 1. The topological polar surface area (TPSA) is 25.8 Å². The molecule has 0 amide bonds. The van der Waals surface area contributed by atoms with Crippen molar-refractivity contribution in [2.24, 2.45) is 0 Å². The van der Waals surface area contributed by atoms with Gasteiger partial charge in [0.15, 0.2) is 0 Å². The van der Waals surface area contributed by atoms with E-state index < -0.39 is 0 Å². The zero-order valence-electron chi connectivity index (χ0n) is 17.8. The van der Waals surface area contributed by atoms with Crippen molar-refractivity contribution in [1.29, 1.82) is 0 Å². The minimum absolute atomic E-state index is 0.0364. The molecule has 4 aromatic carbocycles. The van der Waals surface area contributed by atoms with Crippen molar-refractivity contribution >= 4 is 53.2 Å². The summed E-state index contributed by atoms with van der Waals surface area (Å²) < 4.78 is 1.26. The summed E-state index contributed by atoms with van der Waals surface area (Å²) in [5.74, 6) is 0. The van der Waals surface area contributed by atoms with Gasteiger partial charge in [0, 0.05) is 21.0 Å². The van der Waals surface area contributed by atoms with Crippen molar-refractivity contribution in [3.05, 3.63) is 84.7 Å². The average Bonchev–Trinajstić information content (AvgIpc) is 3.13. The molecule has 0 aliphatic rings. The summed E-state index contributed by atoms with van der Waals surface area (Å²) in [6.45, 7) is 6.83. The van der Waals surface area contributed by atoms with E-state index in [2.05, 4.69) is 98.6 Å². The van der Waals surface area contributed by atoms with Crippen LogP contribution in [0.1, 0.15) is 26.3 Å². The molecule has 6 aromatic rings.